The van der Waals surface area contributed by atoms with Gasteiger partial charge in [0.25, 0.3) is 5.91 Å². The van der Waals surface area contributed by atoms with Crippen molar-refractivity contribution in [1.29, 1.82) is 0 Å². The zero-order valence-corrected chi connectivity index (χ0v) is 16.9. The molecule has 1 unspecified atom stereocenters. The van der Waals surface area contributed by atoms with E-state index in [2.05, 4.69) is 10.3 Å². The fourth-order valence-corrected chi connectivity index (χ4v) is 2.87. The Morgan fingerprint density at radius 3 is 2.62 bits per heavy atom. The topological polar surface area (TPSA) is 91.6 Å². The number of amides is 2. The molecule has 3 N–H and O–H groups in total. The Kier molecular flexibility index (Phi) is 11.2. The average Bonchev–Trinajstić information content (AvgIpc) is 2.60. The molecule has 2 amide bonds. The van der Waals surface area contributed by atoms with Crippen LogP contribution in [0.5, 0.6) is 0 Å². The molecule has 1 aromatic rings. The zero-order valence-electron chi connectivity index (χ0n) is 15.3. The van der Waals surface area contributed by atoms with E-state index >= 15 is 0 Å². The molecule has 1 aromatic heterocycles. The standard InChI is InChI=1S/C17H27N5O2.2ClH/c1-21(2)15-7-6-13(11-19-15)17(24)22-10-4-3-5-14(22)12-20-16(23)8-9-18;;/h6-7,11,14H,3-5,8-10,12,18H2,1-2H3,(H,20,23);2*1H. The van der Waals surface area contributed by atoms with Gasteiger partial charge in [-0.05, 0) is 31.4 Å². The number of nitrogens with one attached hydrogen (secondary N) is 1. The monoisotopic (exact) mass is 405 g/mol. The van der Waals surface area contributed by atoms with E-state index in [9.17, 15) is 9.59 Å². The lowest BCUT2D eigenvalue weighted by atomic mass is 10.0. The number of nitrogens with zero attached hydrogens (tertiary/aromatic N) is 3. The first-order valence-corrected chi connectivity index (χ1v) is 8.44. The number of pyridine rings is 1. The molecule has 148 valence electrons. The summed E-state index contributed by atoms with van der Waals surface area (Å²) in [6.07, 6.45) is 4.89. The molecule has 0 saturated carbocycles. The lowest BCUT2D eigenvalue weighted by molar-refractivity contribution is -0.121. The van der Waals surface area contributed by atoms with Gasteiger partial charge in [0.05, 0.1) is 5.56 Å². The first-order chi connectivity index (χ1) is 11.5. The van der Waals surface area contributed by atoms with Crippen molar-refractivity contribution >= 4 is 42.4 Å². The summed E-state index contributed by atoms with van der Waals surface area (Å²) >= 11 is 0. The zero-order chi connectivity index (χ0) is 17.5. The van der Waals surface area contributed by atoms with Crippen molar-refractivity contribution < 1.29 is 9.59 Å². The van der Waals surface area contributed by atoms with Crippen LogP contribution in [0.15, 0.2) is 18.3 Å². The minimum atomic E-state index is -0.0625. The number of carbonyl (C=O) groups is 2. The molecule has 26 heavy (non-hydrogen) atoms. The second-order valence-electron chi connectivity index (χ2n) is 6.29. The maximum absolute atomic E-state index is 12.8. The van der Waals surface area contributed by atoms with Crippen LogP contribution in [0.3, 0.4) is 0 Å². The molecule has 2 heterocycles. The second kappa shape index (κ2) is 11.9. The first kappa shape index (κ1) is 24.4. The number of piperidine rings is 1. The maximum Gasteiger partial charge on any atom is 0.255 e. The highest BCUT2D eigenvalue weighted by molar-refractivity contribution is 5.94. The van der Waals surface area contributed by atoms with Crippen molar-refractivity contribution in [1.82, 2.24) is 15.2 Å². The van der Waals surface area contributed by atoms with Gasteiger partial charge in [0.1, 0.15) is 5.82 Å². The molecule has 1 saturated heterocycles. The molecule has 0 aliphatic carbocycles. The smallest absolute Gasteiger partial charge is 0.255 e. The fraction of sp³-hybridized carbons (Fsp3) is 0.588. The number of aromatic nitrogens is 1. The Balaban J connectivity index is 0.00000312. The Bertz CT molecular complexity index is 569. The van der Waals surface area contributed by atoms with Gasteiger partial charge in [0.2, 0.25) is 5.91 Å². The third-order valence-corrected chi connectivity index (χ3v) is 4.25. The molecule has 0 spiro atoms. The molecule has 1 aliphatic rings. The van der Waals surface area contributed by atoms with Gasteiger partial charge in [0, 0.05) is 52.4 Å². The van der Waals surface area contributed by atoms with Crippen LogP contribution >= 0.6 is 24.8 Å². The quantitative estimate of drug-likeness (QED) is 0.746. The molecule has 0 aromatic carbocycles. The van der Waals surface area contributed by atoms with Crippen molar-refractivity contribution in [2.24, 2.45) is 5.73 Å². The molecule has 7 nitrogen and oxygen atoms in total. The molecule has 9 heteroatoms. The number of hydrogen-bond donors (Lipinski definition) is 2. The summed E-state index contributed by atoms with van der Waals surface area (Å²) in [6.45, 7) is 1.53. The summed E-state index contributed by atoms with van der Waals surface area (Å²) in [7, 11) is 3.82. The minimum absolute atomic E-state index is 0. The van der Waals surface area contributed by atoms with Crippen LogP contribution in [0, 0.1) is 0 Å². The maximum atomic E-state index is 12.8. The van der Waals surface area contributed by atoms with Gasteiger partial charge in [-0.3, -0.25) is 9.59 Å². The second-order valence-corrected chi connectivity index (χ2v) is 6.29. The van der Waals surface area contributed by atoms with Crippen molar-refractivity contribution in [2.45, 2.75) is 31.7 Å². The number of nitrogens with two attached hydrogens (primary N) is 1. The van der Waals surface area contributed by atoms with Crippen LogP contribution in [0.25, 0.3) is 0 Å². The highest BCUT2D eigenvalue weighted by Crippen LogP contribution is 2.20. The third-order valence-electron chi connectivity index (χ3n) is 4.25. The fourth-order valence-electron chi connectivity index (χ4n) is 2.87. The summed E-state index contributed by atoms with van der Waals surface area (Å²) in [5, 5.41) is 2.88. The minimum Gasteiger partial charge on any atom is -0.363 e. The summed E-state index contributed by atoms with van der Waals surface area (Å²) in [6, 6.07) is 3.68. The van der Waals surface area contributed by atoms with Gasteiger partial charge < -0.3 is 20.9 Å². The normalized spacial score (nSPS) is 16.1. The highest BCUT2D eigenvalue weighted by atomic mass is 35.5. The van der Waals surface area contributed by atoms with Crippen molar-refractivity contribution in [3.8, 4) is 0 Å². The Labute approximate surface area is 167 Å². The van der Waals surface area contributed by atoms with E-state index in [1.165, 1.54) is 0 Å². The number of anilines is 1. The van der Waals surface area contributed by atoms with E-state index in [0.29, 0.717) is 31.6 Å². The summed E-state index contributed by atoms with van der Waals surface area (Å²) in [5.74, 6) is 0.730. The van der Waals surface area contributed by atoms with E-state index < -0.39 is 0 Å². The molecule has 1 aliphatic heterocycles. The van der Waals surface area contributed by atoms with Crippen molar-refractivity contribution in [3.05, 3.63) is 23.9 Å². The highest BCUT2D eigenvalue weighted by Gasteiger charge is 2.27. The number of carbonyl (C=O) groups excluding carboxylic acids is 2. The van der Waals surface area contributed by atoms with E-state index in [4.69, 9.17) is 5.73 Å². The van der Waals surface area contributed by atoms with E-state index in [1.807, 2.05) is 36.0 Å². The van der Waals surface area contributed by atoms with Crippen LogP contribution in [-0.2, 0) is 4.79 Å². The van der Waals surface area contributed by atoms with Gasteiger partial charge in [-0.25, -0.2) is 4.98 Å². The van der Waals surface area contributed by atoms with Gasteiger partial charge in [-0.1, -0.05) is 0 Å². The predicted molar refractivity (Wildman–Crippen MR) is 108 cm³/mol. The Morgan fingerprint density at radius 1 is 1.31 bits per heavy atom. The molecule has 1 atom stereocenters. The van der Waals surface area contributed by atoms with Crippen LogP contribution in [0.2, 0.25) is 0 Å². The van der Waals surface area contributed by atoms with Crippen molar-refractivity contribution in [3.63, 3.8) is 0 Å². The Morgan fingerprint density at radius 2 is 2.04 bits per heavy atom. The summed E-state index contributed by atoms with van der Waals surface area (Å²) in [4.78, 5) is 32.5. The number of likely N-dealkylation sites (tertiary alicyclic amines) is 1. The molecule has 2 rings (SSSR count). The van der Waals surface area contributed by atoms with Crippen LogP contribution < -0.4 is 16.0 Å². The third kappa shape index (κ3) is 6.63. The lowest BCUT2D eigenvalue weighted by Crippen LogP contribution is -2.49. The molecule has 0 radical (unpaired) electrons. The molecule has 1 fully saturated rings. The van der Waals surface area contributed by atoms with Gasteiger partial charge >= 0.3 is 0 Å². The van der Waals surface area contributed by atoms with Gasteiger partial charge in [0.15, 0.2) is 0 Å². The van der Waals surface area contributed by atoms with Crippen molar-refractivity contribution in [2.75, 3.05) is 38.6 Å². The average molecular weight is 406 g/mol. The number of rotatable bonds is 6. The van der Waals surface area contributed by atoms with E-state index in [-0.39, 0.29) is 42.7 Å². The Hall–Kier alpha value is -1.57. The molecular formula is C17H29Cl2N5O2. The number of hydrogen-bond acceptors (Lipinski definition) is 5. The largest absolute Gasteiger partial charge is 0.363 e. The number of halogens is 2. The SMILES string of the molecule is CN(C)c1ccc(C(=O)N2CCCCC2CNC(=O)CCN)cn1.Cl.Cl. The van der Waals surface area contributed by atoms with Crippen LogP contribution in [0.1, 0.15) is 36.0 Å². The van der Waals surface area contributed by atoms with Crippen LogP contribution in [0.4, 0.5) is 5.82 Å². The lowest BCUT2D eigenvalue weighted by Gasteiger charge is -2.36. The van der Waals surface area contributed by atoms with Gasteiger partial charge in [-0.2, -0.15) is 0 Å². The first-order valence-electron chi connectivity index (χ1n) is 8.44. The van der Waals surface area contributed by atoms with Crippen LogP contribution in [-0.4, -0.2) is 61.5 Å². The van der Waals surface area contributed by atoms with E-state index in [1.54, 1.807) is 6.20 Å². The molecule has 0 bridgehead atoms. The predicted octanol–water partition coefficient (Wildman–Crippen LogP) is 1.45. The van der Waals surface area contributed by atoms with Gasteiger partial charge in [-0.15, -0.1) is 24.8 Å². The summed E-state index contributed by atoms with van der Waals surface area (Å²) in [5.41, 5.74) is 5.97. The summed E-state index contributed by atoms with van der Waals surface area (Å²) < 4.78 is 0. The molecular weight excluding hydrogens is 377 g/mol. The van der Waals surface area contributed by atoms with E-state index in [0.717, 1.165) is 25.1 Å².